The smallest absolute Gasteiger partial charge is 0.127 e. The maximum absolute atomic E-state index is 13.3. The van der Waals surface area contributed by atoms with Crippen molar-refractivity contribution in [1.29, 1.82) is 5.26 Å². The van der Waals surface area contributed by atoms with Crippen molar-refractivity contribution in [3.05, 3.63) is 35.1 Å². The fraction of sp³-hybridized carbons (Fsp3) is 0.364. The van der Waals surface area contributed by atoms with Crippen molar-refractivity contribution in [3.8, 4) is 6.07 Å². The van der Waals surface area contributed by atoms with E-state index in [-0.39, 0.29) is 11.8 Å². The molecule has 0 fully saturated rings. The van der Waals surface area contributed by atoms with Crippen LogP contribution in [0.2, 0.25) is 0 Å². The summed E-state index contributed by atoms with van der Waals surface area (Å²) < 4.78 is 24.9. The van der Waals surface area contributed by atoms with E-state index < -0.39 is 16.6 Å². The van der Waals surface area contributed by atoms with Gasteiger partial charge in [0.1, 0.15) is 5.82 Å². The van der Waals surface area contributed by atoms with Gasteiger partial charge < -0.3 is 5.73 Å². The molecule has 0 heterocycles. The number of nitriles is 1. The Kier molecular flexibility index (Phi) is 4.59. The van der Waals surface area contributed by atoms with E-state index in [1.54, 1.807) is 6.92 Å². The quantitative estimate of drug-likeness (QED) is 0.862. The van der Waals surface area contributed by atoms with Crippen molar-refractivity contribution in [1.82, 2.24) is 0 Å². The van der Waals surface area contributed by atoms with E-state index in [2.05, 4.69) is 0 Å². The number of hydrogen-bond acceptors (Lipinski definition) is 3. The molecular formula is C11H13FN2OS. The van der Waals surface area contributed by atoms with Gasteiger partial charge in [-0.3, -0.25) is 4.21 Å². The minimum Gasteiger partial charge on any atom is -0.327 e. The Morgan fingerprint density at radius 2 is 2.31 bits per heavy atom. The topological polar surface area (TPSA) is 66.9 Å². The molecule has 0 amide bonds. The fourth-order valence-electron chi connectivity index (χ4n) is 1.28. The van der Waals surface area contributed by atoms with Crippen LogP contribution in [0.15, 0.2) is 18.2 Å². The van der Waals surface area contributed by atoms with Gasteiger partial charge in [-0.15, -0.1) is 0 Å². The average Bonchev–Trinajstić information content (AvgIpc) is 2.20. The molecule has 2 unspecified atom stereocenters. The number of nitrogens with two attached hydrogens (primary N) is 1. The summed E-state index contributed by atoms with van der Waals surface area (Å²) in [6.07, 6.45) is 0. The van der Waals surface area contributed by atoms with Crippen LogP contribution in [-0.2, 0) is 16.6 Å². The third-order valence-electron chi connectivity index (χ3n) is 1.94. The van der Waals surface area contributed by atoms with Crippen LogP contribution in [0.3, 0.4) is 0 Å². The van der Waals surface area contributed by atoms with Crippen LogP contribution >= 0.6 is 0 Å². The van der Waals surface area contributed by atoms with Gasteiger partial charge in [-0.05, 0) is 25.1 Å². The molecule has 1 rings (SSSR count). The van der Waals surface area contributed by atoms with Crippen LogP contribution in [0.5, 0.6) is 0 Å². The normalized spacial score (nSPS) is 14.1. The van der Waals surface area contributed by atoms with Gasteiger partial charge in [0.25, 0.3) is 0 Å². The molecule has 5 heteroatoms. The molecule has 0 aliphatic carbocycles. The molecule has 1 aromatic carbocycles. The van der Waals surface area contributed by atoms with E-state index in [4.69, 9.17) is 11.0 Å². The van der Waals surface area contributed by atoms with E-state index in [0.29, 0.717) is 16.9 Å². The monoisotopic (exact) mass is 240 g/mol. The van der Waals surface area contributed by atoms with E-state index in [9.17, 15) is 8.60 Å². The highest BCUT2D eigenvalue weighted by Crippen LogP contribution is 2.12. The highest BCUT2D eigenvalue weighted by atomic mass is 32.2. The van der Waals surface area contributed by atoms with Gasteiger partial charge in [0.15, 0.2) is 0 Å². The minimum absolute atomic E-state index is 0.100. The number of hydrogen-bond donors (Lipinski definition) is 1. The third-order valence-corrected chi connectivity index (χ3v) is 3.47. The summed E-state index contributed by atoms with van der Waals surface area (Å²) in [7, 11) is -1.20. The number of nitrogens with zero attached hydrogens (tertiary/aromatic N) is 1. The van der Waals surface area contributed by atoms with Gasteiger partial charge in [-0.2, -0.15) is 5.26 Å². The molecule has 0 bridgehead atoms. The SMILES string of the molecule is CC(N)CS(=O)Cc1cc(C#N)ccc1F. The Balaban J connectivity index is 2.81. The van der Waals surface area contributed by atoms with Gasteiger partial charge in [-0.1, -0.05) is 0 Å². The summed E-state index contributed by atoms with van der Waals surface area (Å²) in [5.74, 6) is -0.00363. The van der Waals surface area contributed by atoms with Gasteiger partial charge in [0.05, 0.1) is 17.4 Å². The maximum atomic E-state index is 13.3. The molecule has 16 heavy (non-hydrogen) atoms. The molecule has 0 radical (unpaired) electrons. The van der Waals surface area contributed by atoms with Crippen molar-refractivity contribution in [2.75, 3.05) is 5.75 Å². The zero-order valence-corrected chi connectivity index (χ0v) is 9.76. The lowest BCUT2D eigenvalue weighted by Crippen LogP contribution is -2.23. The van der Waals surface area contributed by atoms with E-state index >= 15 is 0 Å². The first-order chi connectivity index (χ1) is 7.52. The molecule has 0 saturated carbocycles. The molecule has 0 aliphatic heterocycles. The minimum atomic E-state index is -1.20. The fourth-order valence-corrected chi connectivity index (χ4v) is 2.55. The standard InChI is InChI=1S/C11H13FN2OS/c1-8(14)6-16(15)7-10-4-9(5-13)2-3-11(10)12/h2-4,8H,6-7,14H2,1H3. The van der Waals surface area contributed by atoms with Crippen molar-refractivity contribution < 1.29 is 8.60 Å². The summed E-state index contributed by atoms with van der Waals surface area (Å²) in [6.45, 7) is 1.75. The molecule has 1 aromatic rings. The lowest BCUT2D eigenvalue weighted by Gasteiger charge is -2.06. The molecule has 0 aromatic heterocycles. The molecule has 2 N–H and O–H groups in total. The van der Waals surface area contributed by atoms with Gasteiger partial charge in [0, 0.05) is 28.2 Å². The van der Waals surface area contributed by atoms with E-state index in [1.165, 1.54) is 18.2 Å². The highest BCUT2D eigenvalue weighted by molar-refractivity contribution is 7.84. The average molecular weight is 240 g/mol. The largest absolute Gasteiger partial charge is 0.327 e. The van der Waals surface area contributed by atoms with Crippen LogP contribution < -0.4 is 5.73 Å². The second kappa shape index (κ2) is 5.73. The molecular weight excluding hydrogens is 227 g/mol. The highest BCUT2D eigenvalue weighted by Gasteiger charge is 2.09. The summed E-state index contributed by atoms with van der Waals surface area (Å²) in [5, 5.41) is 8.66. The van der Waals surface area contributed by atoms with Crippen molar-refractivity contribution in [2.45, 2.75) is 18.7 Å². The Morgan fingerprint density at radius 1 is 1.62 bits per heavy atom. The summed E-state index contributed by atoms with van der Waals surface area (Å²) in [6, 6.07) is 5.78. The first kappa shape index (κ1) is 12.8. The van der Waals surface area contributed by atoms with Crippen molar-refractivity contribution >= 4 is 10.8 Å². The Labute approximate surface area is 96.5 Å². The third kappa shape index (κ3) is 3.72. The molecule has 86 valence electrons. The van der Waals surface area contributed by atoms with Crippen molar-refractivity contribution in [2.24, 2.45) is 5.73 Å². The van der Waals surface area contributed by atoms with Gasteiger partial charge in [-0.25, -0.2) is 4.39 Å². The lowest BCUT2D eigenvalue weighted by atomic mass is 10.1. The predicted octanol–water partition coefficient (Wildman–Crippen LogP) is 1.29. The van der Waals surface area contributed by atoms with Crippen molar-refractivity contribution in [3.63, 3.8) is 0 Å². The van der Waals surface area contributed by atoms with Crippen LogP contribution in [0.25, 0.3) is 0 Å². The predicted molar refractivity (Wildman–Crippen MR) is 61.5 cm³/mol. The van der Waals surface area contributed by atoms with Crippen LogP contribution in [0, 0.1) is 17.1 Å². The maximum Gasteiger partial charge on any atom is 0.127 e. The molecule has 2 atom stereocenters. The summed E-state index contributed by atoms with van der Waals surface area (Å²) in [4.78, 5) is 0. The second-order valence-corrected chi connectivity index (χ2v) is 5.15. The first-order valence-corrected chi connectivity index (χ1v) is 6.31. The van der Waals surface area contributed by atoms with Gasteiger partial charge >= 0.3 is 0 Å². The zero-order chi connectivity index (χ0) is 12.1. The Bertz CT molecular complexity index is 440. The number of halogens is 1. The van der Waals surface area contributed by atoms with Crippen LogP contribution in [-0.4, -0.2) is 16.0 Å². The lowest BCUT2D eigenvalue weighted by molar-refractivity contribution is 0.614. The van der Waals surface area contributed by atoms with Gasteiger partial charge in [0.2, 0.25) is 0 Å². The Morgan fingerprint density at radius 3 is 2.88 bits per heavy atom. The second-order valence-electron chi connectivity index (χ2n) is 3.65. The Hall–Kier alpha value is -1.25. The summed E-state index contributed by atoms with van der Waals surface area (Å²) >= 11 is 0. The molecule has 0 spiro atoms. The number of benzene rings is 1. The van der Waals surface area contributed by atoms with E-state index in [1.807, 2.05) is 6.07 Å². The number of rotatable bonds is 4. The van der Waals surface area contributed by atoms with Crippen LogP contribution in [0.4, 0.5) is 4.39 Å². The molecule has 3 nitrogen and oxygen atoms in total. The molecule has 0 saturated heterocycles. The zero-order valence-electron chi connectivity index (χ0n) is 8.94. The first-order valence-electron chi connectivity index (χ1n) is 4.82. The van der Waals surface area contributed by atoms with E-state index in [0.717, 1.165) is 0 Å². The summed E-state index contributed by atoms with van der Waals surface area (Å²) in [5.41, 5.74) is 6.18. The van der Waals surface area contributed by atoms with Crippen LogP contribution in [0.1, 0.15) is 18.1 Å². The molecule has 0 aliphatic rings.